The molecule has 2 amide bonds. The van der Waals surface area contributed by atoms with E-state index in [-0.39, 0.29) is 30.6 Å². The van der Waals surface area contributed by atoms with Gasteiger partial charge in [0, 0.05) is 19.5 Å². The summed E-state index contributed by atoms with van der Waals surface area (Å²) in [6.07, 6.45) is 3.36. The molecule has 0 aliphatic rings. The smallest absolute Gasteiger partial charge is 0.243 e. The van der Waals surface area contributed by atoms with Crippen LogP contribution in [0.3, 0.4) is 0 Å². The quantitative estimate of drug-likeness (QED) is 0.292. The lowest BCUT2D eigenvalue weighted by Crippen LogP contribution is -2.51. The number of benzene rings is 3. The van der Waals surface area contributed by atoms with Crippen LogP contribution in [-0.2, 0) is 29.0 Å². The van der Waals surface area contributed by atoms with Gasteiger partial charge in [0.1, 0.15) is 11.9 Å². The van der Waals surface area contributed by atoms with Gasteiger partial charge in [0.2, 0.25) is 11.8 Å². The first kappa shape index (κ1) is 28.7. The van der Waals surface area contributed by atoms with Gasteiger partial charge in [0.25, 0.3) is 0 Å². The van der Waals surface area contributed by atoms with Gasteiger partial charge in [-0.15, -0.1) is 0 Å². The Morgan fingerprint density at radius 2 is 1.55 bits per heavy atom. The van der Waals surface area contributed by atoms with Crippen LogP contribution in [0.5, 0.6) is 11.5 Å². The third-order valence-corrected chi connectivity index (χ3v) is 6.42. The summed E-state index contributed by atoms with van der Waals surface area (Å²) in [6.45, 7) is 2.83. The second-order valence-electron chi connectivity index (χ2n) is 9.22. The number of hydrogen-bond acceptors (Lipinski definition) is 4. The molecule has 3 aromatic rings. The molecule has 6 nitrogen and oxygen atoms in total. The molecule has 0 spiro atoms. The summed E-state index contributed by atoms with van der Waals surface area (Å²) in [5.74, 6) is 0.322. The molecule has 0 bridgehead atoms. The van der Waals surface area contributed by atoms with Crippen molar-refractivity contribution in [2.45, 2.75) is 51.6 Å². The third kappa shape index (κ3) is 8.33. The molecule has 0 unspecified atom stereocenters. The number of unbranched alkanes of at least 4 members (excludes halogenated alkanes) is 2. The maximum atomic E-state index is 13.9. The van der Waals surface area contributed by atoms with Crippen LogP contribution < -0.4 is 14.8 Å². The molecular formula is C31H37FN2O4. The first-order chi connectivity index (χ1) is 18.4. The second kappa shape index (κ2) is 14.8. The Labute approximate surface area is 224 Å². The first-order valence-electron chi connectivity index (χ1n) is 13.0. The largest absolute Gasteiger partial charge is 0.493 e. The van der Waals surface area contributed by atoms with Gasteiger partial charge in [-0.2, -0.15) is 0 Å². The van der Waals surface area contributed by atoms with Crippen molar-refractivity contribution in [2.24, 2.45) is 0 Å². The fourth-order valence-corrected chi connectivity index (χ4v) is 4.31. The molecule has 202 valence electrons. The van der Waals surface area contributed by atoms with E-state index >= 15 is 0 Å². The Morgan fingerprint density at radius 3 is 2.21 bits per heavy atom. The minimum atomic E-state index is -0.739. The van der Waals surface area contributed by atoms with E-state index in [9.17, 15) is 14.0 Å². The number of amides is 2. The van der Waals surface area contributed by atoms with Crippen molar-refractivity contribution in [1.82, 2.24) is 10.2 Å². The summed E-state index contributed by atoms with van der Waals surface area (Å²) < 4.78 is 24.3. The standard InChI is InChI=1S/C31H37FN2O4/c1-4-5-9-18-33-31(36)27(19-23-10-7-6-8-11-23)34(22-24-12-15-26(32)16-13-24)30(35)21-25-14-17-28(37-2)29(20-25)38-3/h6-8,10-17,20,27H,4-5,9,18-19,21-22H2,1-3H3,(H,33,36)/t27-/m1/s1. The summed E-state index contributed by atoms with van der Waals surface area (Å²) in [5, 5.41) is 3.04. The van der Waals surface area contributed by atoms with Crippen LogP contribution in [0.4, 0.5) is 4.39 Å². The molecule has 0 fully saturated rings. The molecule has 0 radical (unpaired) electrons. The van der Waals surface area contributed by atoms with E-state index in [2.05, 4.69) is 12.2 Å². The van der Waals surface area contributed by atoms with Crippen LogP contribution in [-0.4, -0.2) is 43.5 Å². The number of carbonyl (C=O) groups is 2. The highest BCUT2D eigenvalue weighted by atomic mass is 19.1. The van der Waals surface area contributed by atoms with Crippen LogP contribution in [0.2, 0.25) is 0 Å². The number of ether oxygens (including phenoxy) is 2. The molecule has 0 saturated carbocycles. The Bertz CT molecular complexity index is 1170. The zero-order chi connectivity index (χ0) is 27.3. The summed E-state index contributed by atoms with van der Waals surface area (Å²) in [6, 6.07) is 20.3. The highest BCUT2D eigenvalue weighted by Gasteiger charge is 2.30. The van der Waals surface area contributed by atoms with E-state index in [0.717, 1.165) is 36.0 Å². The van der Waals surface area contributed by atoms with E-state index < -0.39 is 6.04 Å². The number of rotatable bonds is 14. The maximum Gasteiger partial charge on any atom is 0.243 e. The molecule has 0 aliphatic carbocycles. The first-order valence-corrected chi connectivity index (χ1v) is 13.0. The van der Waals surface area contributed by atoms with Gasteiger partial charge in [0.15, 0.2) is 11.5 Å². The van der Waals surface area contributed by atoms with Crippen LogP contribution in [0, 0.1) is 5.82 Å². The normalized spacial score (nSPS) is 11.5. The molecule has 1 atom stereocenters. The highest BCUT2D eigenvalue weighted by molar-refractivity contribution is 5.88. The molecule has 7 heteroatoms. The molecular weight excluding hydrogens is 483 g/mol. The highest BCUT2D eigenvalue weighted by Crippen LogP contribution is 2.28. The summed E-state index contributed by atoms with van der Waals surface area (Å²) in [4.78, 5) is 29.0. The Hall–Kier alpha value is -3.87. The van der Waals surface area contributed by atoms with Gasteiger partial charge < -0.3 is 19.7 Å². The van der Waals surface area contributed by atoms with E-state index in [1.54, 1.807) is 43.4 Å². The van der Waals surface area contributed by atoms with Gasteiger partial charge in [0.05, 0.1) is 20.6 Å². The molecule has 0 saturated heterocycles. The number of methoxy groups -OCH3 is 2. The molecule has 38 heavy (non-hydrogen) atoms. The van der Waals surface area contributed by atoms with Crippen LogP contribution in [0.1, 0.15) is 42.9 Å². The minimum absolute atomic E-state index is 0.0654. The molecule has 1 N–H and O–H groups in total. The van der Waals surface area contributed by atoms with Crippen LogP contribution in [0.15, 0.2) is 72.8 Å². The zero-order valence-corrected chi connectivity index (χ0v) is 22.4. The van der Waals surface area contributed by atoms with Crippen molar-refractivity contribution in [2.75, 3.05) is 20.8 Å². The van der Waals surface area contributed by atoms with Gasteiger partial charge in [-0.3, -0.25) is 9.59 Å². The van der Waals surface area contributed by atoms with E-state index in [0.29, 0.717) is 24.5 Å². The summed E-state index contributed by atoms with van der Waals surface area (Å²) in [7, 11) is 3.10. The predicted octanol–water partition coefficient (Wildman–Crippen LogP) is 5.33. The average Bonchev–Trinajstić information content (AvgIpc) is 2.94. The van der Waals surface area contributed by atoms with Crippen LogP contribution >= 0.6 is 0 Å². The van der Waals surface area contributed by atoms with Crippen molar-refractivity contribution in [3.8, 4) is 11.5 Å². The van der Waals surface area contributed by atoms with E-state index in [4.69, 9.17) is 9.47 Å². The monoisotopic (exact) mass is 520 g/mol. The lowest BCUT2D eigenvalue weighted by atomic mass is 10.0. The molecule has 0 heterocycles. The predicted molar refractivity (Wildman–Crippen MR) is 147 cm³/mol. The van der Waals surface area contributed by atoms with Gasteiger partial charge in [-0.25, -0.2) is 4.39 Å². The third-order valence-electron chi connectivity index (χ3n) is 6.42. The van der Waals surface area contributed by atoms with Gasteiger partial charge in [-0.05, 0) is 47.4 Å². The Morgan fingerprint density at radius 1 is 0.868 bits per heavy atom. The number of halogens is 1. The Balaban J connectivity index is 1.93. The SMILES string of the molecule is CCCCCNC(=O)[C@@H](Cc1ccccc1)N(Cc1ccc(F)cc1)C(=O)Cc1ccc(OC)c(OC)c1. The Kier molecular flexibility index (Phi) is 11.1. The number of hydrogen-bond donors (Lipinski definition) is 1. The number of carbonyl (C=O) groups excluding carboxylic acids is 2. The molecule has 3 aromatic carbocycles. The second-order valence-corrected chi connectivity index (χ2v) is 9.22. The van der Waals surface area contributed by atoms with Crippen molar-refractivity contribution < 1.29 is 23.5 Å². The number of nitrogens with zero attached hydrogens (tertiary/aromatic N) is 1. The van der Waals surface area contributed by atoms with Gasteiger partial charge >= 0.3 is 0 Å². The maximum absolute atomic E-state index is 13.9. The van der Waals surface area contributed by atoms with Crippen molar-refractivity contribution in [3.05, 3.63) is 95.3 Å². The fraction of sp³-hybridized carbons (Fsp3) is 0.355. The lowest BCUT2D eigenvalue weighted by molar-refractivity contribution is -0.140. The van der Waals surface area contributed by atoms with E-state index in [1.807, 2.05) is 36.4 Å². The topological polar surface area (TPSA) is 67.9 Å². The summed E-state index contributed by atoms with van der Waals surface area (Å²) >= 11 is 0. The molecule has 0 aromatic heterocycles. The average molecular weight is 521 g/mol. The van der Waals surface area contributed by atoms with Crippen LogP contribution in [0.25, 0.3) is 0 Å². The van der Waals surface area contributed by atoms with E-state index in [1.165, 1.54) is 12.1 Å². The molecule has 0 aliphatic heterocycles. The van der Waals surface area contributed by atoms with Crippen molar-refractivity contribution >= 4 is 11.8 Å². The fourth-order valence-electron chi connectivity index (χ4n) is 4.31. The summed E-state index contributed by atoms with van der Waals surface area (Å²) in [5.41, 5.74) is 2.42. The van der Waals surface area contributed by atoms with Gasteiger partial charge in [-0.1, -0.05) is 68.3 Å². The number of nitrogens with one attached hydrogen (secondary N) is 1. The van der Waals surface area contributed by atoms with Crippen molar-refractivity contribution in [1.29, 1.82) is 0 Å². The minimum Gasteiger partial charge on any atom is -0.493 e. The van der Waals surface area contributed by atoms with Crippen molar-refractivity contribution in [3.63, 3.8) is 0 Å². The lowest BCUT2D eigenvalue weighted by Gasteiger charge is -2.32. The molecule has 3 rings (SSSR count). The zero-order valence-electron chi connectivity index (χ0n) is 22.4.